The summed E-state index contributed by atoms with van der Waals surface area (Å²) in [5.74, 6) is 2.52. The third kappa shape index (κ3) is 4.11. The first-order valence-electron chi connectivity index (χ1n) is 10.6. The van der Waals surface area contributed by atoms with E-state index in [9.17, 15) is 4.79 Å². The first-order chi connectivity index (χ1) is 13.8. The van der Waals surface area contributed by atoms with Crippen LogP contribution >= 0.6 is 11.8 Å². The molecule has 0 bridgehead atoms. The Balaban J connectivity index is 1.51. The highest BCUT2D eigenvalue weighted by molar-refractivity contribution is 7.99. The standard InChI is InChI=1S/C22H32N2O3S/c25-20(22(6-12-26-13-7-22)19-4-2-1-3-5-19)23-18-21(8-16-28-17-9-21)24-10-14-27-15-11-24/h1-5H,6-18H2,(H,23,25). The van der Waals surface area contributed by atoms with Crippen molar-refractivity contribution in [3.63, 3.8) is 0 Å². The van der Waals surface area contributed by atoms with Gasteiger partial charge < -0.3 is 14.8 Å². The van der Waals surface area contributed by atoms with Gasteiger partial charge in [0, 0.05) is 38.4 Å². The molecular formula is C22H32N2O3S. The molecule has 1 aromatic rings. The minimum Gasteiger partial charge on any atom is -0.381 e. The first-order valence-corrected chi connectivity index (χ1v) is 11.7. The van der Waals surface area contributed by atoms with E-state index in [1.165, 1.54) is 11.5 Å². The summed E-state index contributed by atoms with van der Waals surface area (Å²) < 4.78 is 11.2. The van der Waals surface area contributed by atoms with Crippen LogP contribution in [0.4, 0.5) is 0 Å². The molecule has 3 aliphatic heterocycles. The molecule has 5 nitrogen and oxygen atoms in total. The summed E-state index contributed by atoms with van der Waals surface area (Å²) in [4.78, 5) is 16.2. The maximum absolute atomic E-state index is 13.6. The predicted octanol–water partition coefficient (Wildman–Crippen LogP) is 2.45. The van der Waals surface area contributed by atoms with Crippen LogP contribution in [0.1, 0.15) is 31.2 Å². The lowest BCUT2D eigenvalue weighted by Crippen LogP contribution is -2.62. The molecule has 0 aliphatic carbocycles. The van der Waals surface area contributed by atoms with Gasteiger partial charge in [-0.15, -0.1) is 0 Å². The fourth-order valence-electron chi connectivity index (χ4n) is 4.93. The van der Waals surface area contributed by atoms with Gasteiger partial charge in [-0.05, 0) is 42.8 Å². The molecule has 0 spiro atoms. The molecule has 0 radical (unpaired) electrons. The van der Waals surface area contributed by atoms with Gasteiger partial charge in [-0.1, -0.05) is 30.3 Å². The monoisotopic (exact) mass is 404 g/mol. The zero-order valence-corrected chi connectivity index (χ0v) is 17.5. The summed E-state index contributed by atoms with van der Waals surface area (Å²) in [5.41, 5.74) is 0.735. The van der Waals surface area contributed by atoms with Crippen molar-refractivity contribution in [3.8, 4) is 0 Å². The Morgan fingerprint density at radius 2 is 1.61 bits per heavy atom. The van der Waals surface area contributed by atoms with Crippen LogP contribution in [0, 0.1) is 0 Å². The second kappa shape index (κ2) is 9.16. The molecule has 154 valence electrons. The minimum atomic E-state index is -0.463. The van der Waals surface area contributed by atoms with Gasteiger partial charge in [-0.3, -0.25) is 9.69 Å². The molecule has 4 rings (SSSR count). The number of ether oxygens (including phenoxy) is 2. The van der Waals surface area contributed by atoms with Crippen molar-refractivity contribution in [2.24, 2.45) is 0 Å². The molecule has 1 amide bonds. The molecule has 3 aliphatic rings. The molecule has 28 heavy (non-hydrogen) atoms. The van der Waals surface area contributed by atoms with Gasteiger partial charge in [0.05, 0.1) is 18.6 Å². The fourth-order valence-corrected chi connectivity index (χ4v) is 6.18. The molecule has 0 atom stereocenters. The minimum absolute atomic E-state index is 0.0771. The van der Waals surface area contributed by atoms with Crippen LogP contribution in [0.5, 0.6) is 0 Å². The lowest BCUT2D eigenvalue weighted by atomic mass is 9.73. The summed E-state index contributed by atoms with van der Waals surface area (Å²) in [6.45, 7) is 5.57. The van der Waals surface area contributed by atoms with E-state index < -0.39 is 5.41 Å². The average molecular weight is 405 g/mol. The molecule has 0 saturated carbocycles. The largest absolute Gasteiger partial charge is 0.381 e. The van der Waals surface area contributed by atoms with Gasteiger partial charge in [0.25, 0.3) is 0 Å². The van der Waals surface area contributed by atoms with Crippen LogP contribution in [-0.4, -0.2) is 73.9 Å². The third-order valence-electron chi connectivity index (χ3n) is 6.79. The molecular weight excluding hydrogens is 372 g/mol. The third-order valence-corrected chi connectivity index (χ3v) is 7.78. The number of amides is 1. The number of nitrogens with zero attached hydrogens (tertiary/aromatic N) is 1. The van der Waals surface area contributed by atoms with Gasteiger partial charge in [0.15, 0.2) is 0 Å². The first kappa shape index (κ1) is 20.2. The van der Waals surface area contributed by atoms with E-state index in [-0.39, 0.29) is 11.4 Å². The number of nitrogens with one attached hydrogen (secondary N) is 1. The van der Waals surface area contributed by atoms with Crippen molar-refractivity contribution in [2.75, 3.05) is 57.6 Å². The number of carbonyl (C=O) groups is 1. The summed E-state index contributed by atoms with van der Waals surface area (Å²) in [6.07, 6.45) is 3.78. The number of hydrogen-bond acceptors (Lipinski definition) is 5. The number of carbonyl (C=O) groups excluding carboxylic acids is 1. The van der Waals surface area contributed by atoms with E-state index in [1.54, 1.807) is 0 Å². The number of benzene rings is 1. The second-order valence-corrected chi connectivity index (χ2v) is 9.40. The van der Waals surface area contributed by atoms with Crippen molar-refractivity contribution in [1.29, 1.82) is 0 Å². The van der Waals surface area contributed by atoms with Gasteiger partial charge in [-0.2, -0.15) is 11.8 Å². The highest BCUT2D eigenvalue weighted by Crippen LogP contribution is 2.37. The van der Waals surface area contributed by atoms with Crippen molar-refractivity contribution >= 4 is 17.7 Å². The van der Waals surface area contributed by atoms with E-state index in [4.69, 9.17) is 9.47 Å². The topological polar surface area (TPSA) is 50.8 Å². The highest BCUT2D eigenvalue weighted by Gasteiger charge is 2.44. The fraction of sp³-hybridized carbons (Fsp3) is 0.682. The summed E-state index contributed by atoms with van der Waals surface area (Å²) in [5, 5.41) is 3.41. The molecule has 3 saturated heterocycles. The van der Waals surface area contributed by atoms with Crippen LogP contribution in [0.25, 0.3) is 0 Å². The van der Waals surface area contributed by atoms with Crippen LogP contribution in [-0.2, 0) is 19.7 Å². The number of rotatable bonds is 5. The highest BCUT2D eigenvalue weighted by atomic mass is 32.2. The van der Waals surface area contributed by atoms with E-state index in [0.717, 1.165) is 64.1 Å². The SMILES string of the molecule is O=C(NCC1(N2CCOCC2)CCSCC1)C1(c2ccccc2)CCOCC1. The van der Waals surface area contributed by atoms with Crippen molar-refractivity contribution in [1.82, 2.24) is 10.2 Å². The van der Waals surface area contributed by atoms with Crippen LogP contribution in [0.2, 0.25) is 0 Å². The van der Waals surface area contributed by atoms with Gasteiger partial charge >= 0.3 is 0 Å². The second-order valence-electron chi connectivity index (χ2n) is 8.18. The van der Waals surface area contributed by atoms with Gasteiger partial charge in [-0.25, -0.2) is 0 Å². The van der Waals surface area contributed by atoms with Crippen molar-refractivity contribution in [2.45, 2.75) is 36.6 Å². The maximum atomic E-state index is 13.6. The van der Waals surface area contributed by atoms with Crippen molar-refractivity contribution < 1.29 is 14.3 Å². The molecule has 1 N–H and O–H groups in total. The summed E-state index contributed by atoms with van der Waals surface area (Å²) in [6, 6.07) is 10.3. The Hall–Kier alpha value is -1.08. The van der Waals surface area contributed by atoms with Gasteiger partial charge in [0.1, 0.15) is 0 Å². The lowest BCUT2D eigenvalue weighted by Gasteiger charge is -2.48. The quantitative estimate of drug-likeness (QED) is 0.817. The summed E-state index contributed by atoms with van der Waals surface area (Å²) >= 11 is 2.03. The molecule has 0 aromatic heterocycles. The Kier molecular flexibility index (Phi) is 6.61. The molecule has 1 aromatic carbocycles. The zero-order valence-electron chi connectivity index (χ0n) is 16.7. The maximum Gasteiger partial charge on any atom is 0.230 e. The van der Waals surface area contributed by atoms with E-state index >= 15 is 0 Å². The molecule has 3 heterocycles. The smallest absolute Gasteiger partial charge is 0.230 e. The normalized spacial score (nSPS) is 25.1. The van der Waals surface area contributed by atoms with Crippen molar-refractivity contribution in [3.05, 3.63) is 35.9 Å². The Morgan fingerprint density at radius 3 is 2.29 bits per heavy atom. The Bertz CT molecular complexity index is 636. The average Bonchev–Trinajstić information content (AvgIpc) is 2.80. The number of thioether (sulfide) groups is 1. The molecule has 0 unspecified atom stereocenters. The Morgan fingerprint density at radius 1 is 0.964 bits per heavy atom. The number of hydrogen-bond donors (Lipinski definition) is 1. The van der Waals surface area contributed by atoms with E-state index in [2.05, 4.69) is 22.3 Å². The zero-order chi connectivity index (χ0) is 19.3. The molecule has 6 heteroatoms. The Labute approximate surface area is 172 Å². The van der Waals surface area contributed by atoms with Crippen LogP contribution in [0.3, 0.4) is 0 Å². The molecule has 3 fully saturated rings. The summed E-state index contributed by atoms with van der Waals surface area (Å²) in [7, 11) is 0. The van der Waals surface area contributed by atoms with E-state index in [0.29, 0.717) is 13.2 Å². The van der Waals surface area contributed by atoms with Crippen LogP contribution in [0.15, 0.2) is 30.3 Å². The predicted molar refractivity (Wildman–Crippen MR) is 113 cm³/mol. The van der Waals surface area contributed by atoms with Crippen LogP contribution < -0.4 is 5.32 Å². The number of morpholine rings is 1. The lowest BCUT2D eigenvalue weighted by molar-refractivity contribution is -0.131. The van der Waals surface area contributed by atoms with Gasteiger partial charge in [0.2, 0.25) is 5.91 Å². The van der Waals surface area contributed by atoms with E-state index in [1.807, 2.05) is 30.0 Å².